The number of hydrogen-bond donors (Lipinski definition) is 1. The van der Waals surface area contributed by atoms with E-state index >= 15 is 0 Å². The molecular formula is C13H14ClNO2. The number of rotatable bonds is 2. The molecule has 0 radical (unpaired) electrons. The Morgan fingerprint density at radius 1 is 1.53 bits per heavy atom. The SMILES string of the molecule is CC(O)(c1ccccc1Cl)C1(C#N)CCOC1. The van der Waals surface area contributed by atoms with E-state index in [1.165, 1.54) is 0 Å². The second kappa shape index (κ2) is 4.30. The van der Waals surface area contributed by atoms with E-state index < -0.39 is 11.0 Å². The van der Waals surface area contributed by atoms with Crippen LogP contribution < -0.4 is 0 Å². The van der Waals surface area contributed by atoms with Gasteiger partial charge in [0.15, 0.2) is 0 Å². The van der Waals surface area contributed by atoms with Crippen molar-refractivity contribution in [1.82, 2.24) is 0 Å². The Hall–Kier alpha value is -1.08. The summed E-state index contributed by atoms with van der Waals surface area (Å²) in [6.07, 6.45) is 0.516. The van der Waals surface area contributed by atoms with Crippen LogP contribution in [0.15, 0.2) is 24.3 Å². The molecule has 0 amide bonds. The molecule has 3 nitrogen and oxygen atoms in total. The molecule has 1 heterocycles. The van der Waals surface area contributed by atoms with E-state index in [0.717, 1.165) is 0 Å². The zero-order valence-electron chi connectivity index (χ0n) is 9.61. The topological polar surface area (TPSA) is 53.2 Å². The maximum atomic E-state index is 10.7. The minimum absolute atomic E-state index is 0.238. The van der Waals surface area contributed by atoms with Crippen molar-refractivity contribution in [1.29, 1.82) is 5.26 Å². The predicted molar refractivity (Wildman–Crippen MR) is 64.5 cm³/mol. The average molecular weight is 252 g/mol. The predicted octanol–water partition coefficient (Wildman–Crippen LogP) is 2.48. The highest BCUT2D eigenvalue weighted by molar-refractivity contribution is 6.31. The van der Waals surface area contributed by atoms with Crippen LogP contribution in [0.2, 0.25) is 5.02 Å². The molecule has 0 bridgehead atoms. The summed E-state index contributed by atoms with van der Waals surface area (Å²) < 4.78 is 5.27. The molecule has 90 valence electrons. The number of nitriles is 1. The second-order valence-electron chi connectivity index (χ2n) is 4.55. The van der Waals surface area contributed by atoms with Gasteiger partial charge in [0.1, 0.15) is 11.0 Å². The van der Waals surface area contributed by atoms with Gasteiger partial charge in [-0.25, -0.2) is 0 Å². The van der Waals surface area contributed by atoms with Crippen molar-refractivity contribution in [2.24, 2.45) is 5.41 Å². The molecule has 1 aliphatic rings. The first-order valence-electron chi connectivity index (χ1n) is 5.50. The first kappa shape index (κ1) is 12.4. The normalized spacial score (nSPS) is 27.4. The lowest BCUT2D eigenvalue weighted by Gasteiger charge is -2.37. The number of ether oxygens (including phenoxy) is 1. The van der Waals surface area contributed by atoms with Gasteiger partial charge in [-0.15, -0.1) is 0 Å². The molecule has 1 saturated heterocycles. The van der Waals surface area contributed by atoms with Gasteiger partial charge in [0.05, 0.1) is 12.7 Å². The fourth-order valence-corrected chi connectivity index (χ4v) is 2.58. The van der Waals surface area contributed by atoms with Crippen molar-refractivity contribution in [3.05, 3.63) is 34.9 Å². The molecule has 0 saturated carbocycles. The van der Waals surface area contributed by atoms with Crippen LogP contribution >= 0.6 is 11.6 Å². The molecule has 0 spiro atoms. The zero-order chi connectivity index (χ0) is 12.5. The van der Waals surface area contributed by atoms with E-state index in [0.29, 0.717) is 23.6 Å². The van der Waals surface area contributed by atoms with Crippen molar-refractivity contribution in [3.63, 3.8) is 0 Å². The summed E-state index contributed by atoms with van der Waals surface area (Å²) in [6, 6.07) is 9.27. The third kappa shape index (κ3) is 1.83. The molecule has 0 aliphatic carbocycles. The molecule has 1 N–H and O–H groups in total. The fourth-order valence-electron chi connectivity index (χ4n) is 2.26. The molecule has 1 aliphatic heterocycles. The van der Waals surface area contributed by atoms with Gasteiger partial charge in [0.25, 0.3) is 0 Å². The summed E-state index contributed by atoms with van der Waals surface area (Å²) in [5.41, 5.74) is -1.65. The number of benzene rings is 1. The van der Waals surface area contributed by atoms with Crippen LogP contribution in [0.4, 0.5) is 0 Å². The Kier molecular flexibility index (Phi) is 3.13. The standard InChI is InChI=1S/C13H14ClNO2/c1-12(16,10-4-2-3-5-11(10)14)13(8-15)6-7-17-9-13/h2-5,16H,6-7,9H2,1H3. The van der Waals surface area contributed by atoms with Crippen molar-refractivity contribution >= 4 is 11.6 Å². The van der Waals surface area contributed by atoms with Crippen molar-refractivity contribution < 1.29 is 9.84 Å². The lowest BCUT2D eigenvalue weighted by molar-refractivity contribution is -0.0480. The van der Waals surface area contributed by atoms with E-state index in [9.17, 15) is 10.4 Å². The summed E-state index contributed by atoms with van der Waals surface area (Å²) in [4.78, 5) is 0. The van der Waals surface area contributed by atoms with Crippen molar-refractivity contribution in [2.75, 3.05) is 13.2 Å². The van der Waals surface area contributed by atoms with Gasteiger partial charge >= 0.3 is 0 Å². The Morgan fingerprint density at radius 2 is 2.24 bits per heavy atom. The third-order valence-corrected chi connectivity index (χ3v) is 3.90. The summed E-state index contributed by atoms with van der Waals surface area (Å²) in [6.45, 7) is 2.36. The Morgan fingerprint density at radius 3 is 2.76 bits per heavy atom. The molecule has 17 heavy (non-hydrogen) atoms. The summed E-state index contributed by atoms with van der Waals surface area (Å²) in [5.74, 6) is 0. The average Bonchev–Trinajstić information content (AvgIpc) is 2.79. The van der Waals surface area contributed by atoms with E-state index in [1.807, 2.05) is 0 Å². The zero-order valence-corrected chi connectivity index (χ0v) is 10.4. The Labute approximate surface area is 106 Å². The van der Waals surface area contributed by atoms with E-state index in [1.54, 1.807) is 31.2 Å². The van der Waals surface area contributed by atoms with E-state index in [2.05, 4.69) is 6.07 Å². The summed E-state index contributed by atoms with van der Waals surface area (Å²) in [5, 5.41) is 20.6. The van der Waals surface area contributed by atoms with Gasteiger partial charge in [-0.3, -0.25) is 0 Å². The maximum absolute atomic E-state index is 10.7. The largest absolute Gasteiger partial charge is 0.384 e. The monoisotopic (exact) mass is 251 g/mol. The molecule has 0 aromatic heterocycles. The Balaban J connectivity index is 2.49. The van der Waals surface area contributed by atoms with Crippen molar-refractivity contribution in [2.45, 2.75) is 18.9 Å². The van der Waals surface area contributed by atoms with Gasteiger partial charge < -0.3 is 9.84 Å². The van der Waals surface area contributed by atoms with Gasteiger partial charge in [0.2, 0.25) is 0 Å². The highest BCUT2D eigenvalue weighted by Gasteiger charge is 2.52. The first-order valence-corrected chi connectivity index (χ1v) is 5.88. The molecule has 2 unspecified atom stereocenters. The third-order valence-electron chi connectivity index (χ3n) is 3.57. The molecular weight excluding hydrogens is 238 g/mol. The lowest BCUT2D eigenvalue weighted by atomic mass is 9.70. The van der Waals surface area contributed by atoms with Crippen LogP contribution in [0.1, 0.15) is 18.9 Å². The van der Waals surface area contributed by atoms with Crippen LogP contribution in [0.25, 0.3) is 0 Å². The number of halogens is 1. The van der Waals surface area contributed by atoms with Crippen molar-refractivity contribution in [3.8, 4) is 6.07 Å². The van der Waals surface area contributed by atoms with E-state index in [4.69, 9.17) is 16.3 Å². The van der Waals surface area contributed by atoms with Crippen LogP contribution in [-0.4, -0.2) is 18.3 Å². The van der Waals surface area contributed by atoms with Gasteiger partial charge in [-0.1, -0.05) is 29.8 Å². The number of aliphatic hydroxyl groups is 1. The van der Waals surface area contributed by atoms with Crippen LogP contribution in [0.5, 0.6) is 0 Å². The van der Waals surface area contributed by atoms with Crippen LogP contribution in [0, 0.1) is 16.7 Å². The molecule has 1 aromatic carbocycles. The quantitative estimate of drug-likeness (QED) is 0.879. The number of hydrogen-bond acceptors (Lipinski definition) is 3. The van der Waals surface area contributed by atoms with E-state index in [-0.39, 0.29) is 6.61 Å². The van der Waals surface area contributed by atoms with Crippen LogP contribution in [0.3, 0.4) is 0 Å². The van der Waals surface area contributed by atoms with Gasteiger partial charge in [-0.2, -0.15) is 5.26 Å². The molecule has 4 heteroatoms. The van der Waals surface area contributed by atoms with Crippen LogP contribution in [-0.2, 0) is 10.3 Å². The lowest BCUT2D eigenvalue weighted by Crippen LogP contribution is -2.43. The highest BCUT2D eigenvalue weighted by Crippen LogP contribution is 2.46. The molecule has 2 atom stereocenters. The molecule has 1 aromatic rings. The van der Waals surface area contributed by atoms with Gasteiger partial charge in [0, 0.05) is 17.2 Å². The highest BCUT2D eigenvalue weighted by atomic mass is 35.5. The summed E-state index contributed by atoms with van der Waals surface area (Å²) in [7, 11) is 0. The molecule has 2 rings (SSSR count). The first-order chi connectivity index (χ1) is 8.03. The summed E-state index contributed by atoms with van der Waals surface area (Å²) >= 11 is 6.10. The Bertz CT molecular complexity index is 459. The minimum atomic E-state index is -1.31. The minimum Gasteiger partial charge on any atom is -0.384 e. The number of nitrogens with zero attached hydrogens (tertiary/aromatic N) is 1. The van der Waals surface area contributed by atoms with Gasteiger partial charge in [-0.05, 0) is 19.4 Å². The fraction of sp³-hybridized carbons (Fsp3) is 0.462. The smallest absolute Gasteiger partial charge is 0.115 e. The molecule has 1 fully saturated rings. The second-order valence-corrected chi connectivity index (χ2v) is 4.96. The maximum Gasteiger partial charge on any atom is 0.115 e.